The number of aromatic nitrogens is 1. The Bertz CT molecular complexity index is 683. The van der Waals surface area contributed by atoms with E-state index >= 15 is 0 Å². The van der Waals surface area contributed by atoms with Gasteiger partial charge in [-0.3, -0.25) is 0 Å². The van der Waals surface area contributed by atoms with Gasteiger partial charge in [0, 0.05) is 32.7 Å². The summed E-state index contributed by atoms with van der Waals surface area (Å²) in [7, 11) is 4.72. The molecule has 3 aromatic rings. The molecule has 3 rings (SSSR count). The van der Waals surface area contributed by atoms with Crippen LogP contribution in [-0.4, -0.2) is 26.3 Å². The van der Waals surface area contributed by atoms with E-state index in [0.717, 1.165) is 5.01 Å². The average molecular weight is 416 g/mol. The number of hydrogen-bond donors (Lipinski definition) is 0. The summed E-state index contributed by atoms with van der Waals surface area (Å²) in [6, 6.07) is 16.4. The van der Waals surface area contributed by atoms with Gasteiger partial charge in [-0.2, -0.15) is 6.07 Å². The van der Waals surface area contributed by atoms with Gasteiger partial charge in [-0.05, 0) is 5.01 Å². The largest absolute Gasteiger partial charge is 0.550 e. The molecule has 6 heteroatoms. The van der Waals surface area contributed by atoms with E-state index in [1.54, 1.807) is 44.8 Å². The SMILES string of the molecule is COc1c[c-]cc(OC)c1OC.[Y].[c-]1csc(-c2ccccc2)n1. The molecule has 0 spiro atoms. The molecule has 0 aliphatic heterocycles. The zero-order valence-electron chi connectivity index (χ0n) is 13.8. The summed E-state index contributed by atoms with van der Waals surface area (Å²) in [6.45, 7) is 0. The molecule has 24 heavy (non-hydrogen) atoms. The molecule has 0 aliphatic carbocycles. The van der Waals surface area contributed by atoms with E-state index in [0.29, 0.717) is 17.2 Å². The van der Waals surface area contributed by atoms with Gasteiger partial charge in [0.05, 0.1) is 38.6 Å². The molecule has 0 saturated carbocycles. The molecule has 0 atom stereocenters. The minimum Gasteiger partial charge on any atom is -0.550 e. The first-order valence-electron chi connectivity index (χ1n) is 6.83. The normalized spacial score (nSPS) is 9.12. The van der Waals surface area contributed by atoms with Crippen molar-refractivity contribution in [2.45, 2.75) is 0 Å². The molecule has 0 N–H and O–H groups in total. The molecule has 2 aromatic carbocycles. The molecule has 0 aliphatic rings. The number of rotatable bonds is 4. The molecular formula is C18H17NO3SY-2. The van der Waals surface area contributed by atoms with E-state index < -0.39 is 0 Å². The van der Waals surface area contributed by atoms with Gasteiger partial charge in [0.25, 0.3) is 0 Å². The fourth-order valence-electron chi connectivity index (χ4n) is 1.86. The first kappa shape index (κ1) is 20.6. The molecule has 1 radical (unpaired) electrons. The van der Waals surface area contributed by atoms with Crippen molar-refractivity contribution in [3.63, 3.8) is 0 Å². The Labute approximate surface area is 171 Å². The maximum absolute atomic E-state index is 5.09. The summed E-state index contributed by atoms with van der Waals surface area (Å²) in [5.41, 5.74) is 1.17. The molecule has 0 fully saturated rings. The summed E-state index contributed by atoms with van der Waals surface area (Å²) in [4.78, 5) is 4.08. The number of benzene rings is 2. The second-order valence-corrected chi connectivity index (χ2v) is 5.13. The van der Waals surface area contributed by atoms with Gasteiger partial charge in [-0.15, -0.1) is 18.3 Å². The zero-order chi connectivity index (χ0) is 16.5. The van der Waals surface area contributed by atoms with Gasteiger partial charge in [0.2, 0.25) is 0 Å². The molecule has 1 heterocycles. The molecule has 0 bridgehead atoms. The number of thiazole rings is 1. The summed E-state index contributed by atoms with van der Waals surface area (Å²) in [5.74, 6) is 1.84. The summed E-state index contributed by atoms with van der Waals surface area (Å²) < 4.78 is 15.2. The Morgan fingerprint density at radius 3 is 2.00 bits per heavy atom. The number of methoxy groups -OCH3 is 3. The van der Waals surface area contributed by atoms with E-state index in [2.05, 4.69) is 17.2 Å². The topological polar surface area (TPSA) is 40.6 Å². The van der Waals surface area contributed by atoms with Crippen molar-refractivity contribution < 1.29 is 46.9 Å². The third-order valence-electron chi connectivity index (χ3n) is 2.93. The summed E-state index contributed by atoms with van der Waals surface area (Å²) in [6.07, 6.45) is 2.80. The van der Waals surface area contributed by atoms with Crippen LogP contribution in [0.4, 0.5) is 0 Å². The minimum atomic E-state index is 0. The van der Waals surface area contributed by atoms with Crippen LogP contribution in [0.5, 0.6) is 17.2 Å². The van der Waals surface area contributed by atoms with Crippen LogP contribution in [0.2, 0.25) is 0 Å². The standard InChI is InChI=1S/C9H6NS.C9H11O3.Y/c1-2-4-8(5-3-1)9-10-6-7-11-9;1-10-7-5-4-6-8(11-2)9(7)12-3;/h1-5,7H;5-6H,1-3H3;/q2*-1;. The van der Waals surface area contributed by atoms with Crippen LogP contribution in [0, 0.1) is 12.3 Å². The molecule has 123 valence electrons. The van der Waals surface area contributed by atoms with Crippen molar-refractivity contribution in [2.75, 3.05) is 21.3 Å². The predicted octanol–water partition coefficient (Wildman–Crippen LogP) is 4.12. The molecule has 1 aromatic heterocycles. The molecule has 0 unspecified atom stereocenters. The summed E-state index contributed by atoms with van der Waals surface area (Å²) >= 11 is 1.61. The summed E-state index contributed by atoms with van der Waals surface area (Å²) in [5, 5.41) is 2.90. The van der Waals surface area contributed by atoms with Gasteiger partial charge in [-0.1, -0.05) is 41.3 Å². The van der Waals surface area contributed by atoms with Crippen molar-refractivity contribution in [3.05, 3.63) is 60.1 Å². The second-order valence-electron chi connectivity index (χ2n) is 4.27. The average Bonchev–Trinajstić information content (AvgIpc) is 3.17. The van der Waals surface area contributed by atoms with Crippen LogP contribution >= 0.6 is 11.3 Å². The monoisotopic (exact) mass is 416 g/mol. The Morgan fingerprint density at radius 2 is 1.54 bits per heavy atom. The van der Waals surface area contributed by atoms with E-state index in [4.69, 9.17) is 14.2 Å². The Hall–Kier alpha value is -1.43. The quantitative estimate of drug-likeness (QED) is 0.600. The first-order chi connectivity index (χ1) is 11.3. The second kappa shape index (κ2) is 11.2. The first-order valence-corrected chi connectivity index (χ1v) is 7.71. The van der Waals surface area contributed by atoms with Gasteiger partial charge < -0.3 is 19.2 Å². The van der Waals surface area contributed by atoms with Crippen molar-refractivity contribution in [2.24, 2.45) is 0 Å². The zero-order valence-corrected chi connectivity index (χ0v) is 17.4. The molecule has 4 nitrogen and oxygen atoms in total. The van der Waals surface area contributed by atoms with Crippen LogP contribution in [0.1, 0.15) is 0 Å². The van der Waals surface area contributed by atoms with Crippen molar-refractivity contribution >= 4 is 11.3 Å². The third kappa shape index (κ3) is 5.58. The van der Waals surface area contributed by atoms with Crippen molar-refractivity contribution in [3.8, 4) is 27.8 Å². The maximum Gasteiger partial charge on any atom is 0.0924 e. The van der Waals surface area contributed by atoms with Crippen LogP contribution in [0.3, 0.4) is 0 Å². The Morgan fingerprint density at radius 1 is 0.917 bits per heavy atom. The van der Waals surface area contributed by atoms with Crippen LogP contribution in [-0.2, 0) is 32.7 Å². The van der Waals surface area contributed by atoms with Crippen LogP contribution in [0.25, 0.3) is 10.6 Å². The van der Waals surface area contributed by atoms with Crippen molar-refractivity contribution in [1.29, 1.82) is 0 Å². The van der Waals surface area contributed by atoms with Crippen molar-refractivity contribution in [1.82, 2.24) is 4.98 Å². The van der Waals surface area contributed by atoms with Gasteiger partial charge in [-0.25, -0.2) is 11.3 Å². The Kier molecular flexibility index (Phi) is 9.61. The van der Waals surface area contributed by atoms with Crippen LogP contribution in [0.15, 0.2) is 47.8 Å². The van der Waals surface area contributed by atoms with Gasteiger partial charge >= 0.3 is 0 Å². The molecule has 0 amide bonds. The fourth-order valence-corrected chi connectivity index (χ4v) is 2.45. The van der Waals surface area contributed by atoms with E-state index in [1.807, 2.05) is 35.7 Å². The van der Waals surface area contributed by atoms with E-state index in [1.165, 1.54) is 5.56 Å². The fraction of sp³-hybridized carbons (Fsp3) is 0.167. The van der Waals surface area contributed by atoms with Gasteiger partial charge in [0.1, 0.15) is 0 Å². The third-order valence-corrected chi connectivity index (χ3v) is 3.70. The molecular weight excluding hydrogens is 399 g/mol. The molecule has 0 saturated heterocycles. The van der Waals surface area contributed by atoms with Gasteiger partial charge in [0.15, 0.2) is 0 Å². The maximum atomic E-state index is 5.09. The Balaban J connectivity index is 0.000000231. The van der Waals surface area contributed by atoms with Crippen LogP contribution < -0.4 is 14.2 Å². The number of nitrogens with zero attached hydrogens (tertiary/aromatic N) is 1. The smallest absolute Gasteiger partial charge is 0.0924 e. The number of hydrogen-bond acceptors (Lipinski definition) is 5. The minimum absolute atomic E-state index is 0. The predicted molar refractivity (Wildman–Crippen MR) is 91.3 cm³/mol. The van der Waals surface area contributed by atoms with E-state index in [-0.39, 0.29) is 32.7 Å². The number of ether oxygens (including phenoxy) is 3. The van der Waals surface area contributed by atoms with E-state index in [9.17, 15) is 0 Å².